The van der Waals surface area contributed by atoms with Gasteiger partial charge in [0.15, 0.2) is 0 Å². The number of phenolic OH excluding ortho intramolecular Hbond substituents is 1. The van der Waals surface area contributed by atoms with Crippen LogP contribution in [0, 0.1) is 10.1 Å². The first-order chi connectivity index (χ1) is 13.8. The van der Waals surface area contributed by atoms with Crippen molar-refractivity contribution < 1.29 is 15.1 Å². The maximum absolute atomic E-state index is 12.0. The number of fused-ring (bicyclic) bond motifs is 4. The van der Waals surface area contributed by atoms with E-state index in [9.17, 15) is 20.3 Å². The molecule has 150 valence electrons. The molecular weight excluding hydrogens is 370 g/mol. The van der Waals surface area contributed by atoms with Gasteiger partial charge in [0.1, 0.15) is 11.3 Å². The van der Waals surface area contributed by atoms with Crippen LogP contribution < -0.4 is 0 Å². The van der Waals surface area contributed by atoms with Crippen molar-refractivity contribution in [1.29, 1.82) is 0 Å². The molecule has 1 aliphatic heterocycles. The van der Waals surface area contributed by atoms with Gasteiger partial charge >= 0.3 is 0 Å². The van der Waals surface area contributed by atoms with Gasteiger partial charge in [0.05, 0.1) is 10.5 Å². The second kappa shape index (κ2) is 6.05. The molecule has 3 aromatic rings. The predicted octanol–water partition coefficient (Wildman–Crippen LogP) is 2.88. The van der Waals surface area contributed by atoms with Crippen LogP contribution in [0.15, 0.2) is 42.5 Å². The molecule has 2 aliphatic rings. The maximum Gasteiger partial charge on any atom is 0.293 e. The van der Waals surface area contributed by atoms with Gasteiger partial charge in [-0.15, -0.1) is 0 Å². The van der Waals surface area contributed by atoms with E-state index >= 15 is 0 Å². The number of β-amino-alcohol motifs (C(OH)–C–C–N with tert-alkyl or cyclic N) is 1. The molecule has 1 saturated heterocycles. The molecular formula is C22H23N3O4. The lowest BCUT2D eigenvalue weighted by Gasteiger charge is -2.55. The molecule has 0 radical (unpaired) electrons. The van der Waals surface area contributed by atoms with Crippen molar-refractivity contribution in [1.82, 2.24) is 9.88 Å². The number of aliphatic hydroxyl groups is 1. The van der Waals surface area contributed by atoms with E-state index in [0.29, 0.717) is 24.9 Å². The predicted molar refractivity (Wildman–Crippen MR) is 109 cm³/mol. The average Bonchev–Trinajstić information content (AvgIpc) is 3.02. The Labute approximate surface area is 167 Å². The third-order valence-corrected chi connectivity index (χ3v) is 6.89. The van der Waals surface area contributed by atoms with Crippen molar-refractivity contribution in [3.05, 3.63) is 69.4 Å². The summed E-state index contributed by atoms with van der Waals surface area (Å²) in [4.78, 5) is 16.6. The second-order valence-corrected chi connectivity index (χ2v) is 8.54. The number of likely N-dealkylation sites (N-methyl/N-ethyl adjacent to an activating group) is 1. The lowest BCUT2D eigenvalue weighted by atomic mass is 9.56. The van der Waals surface area contributed by atoms with Crippen LogP contribution in [0.25, 0.3) is 10.9 Å². The smallest absolute Gasteiger partial charge is 0.293 e. The van der Waals surface area contributed by atoms with Crippen molar-refractivity contribution in [3.63, 3.8) is 0 Å². The summed E-state index contributed by atoms with van der Waals surface area (Å²) in [6, 6.07) is 12.2. The van der Waals surface area contributed by atoms with E-state index in [-0.39, 0.29) is 16.4 Å². The Morgan fingerprint density at radius 1 is 1.21 bits per heavy atom. The summed E-state index contributed by atoms with van der Waals surface area (Å²) in [5, 5.41) is 34.4. The molecule has 0 unspecified atom stereocenters. The Morgan fingerprint density at radius 2 is 2.00 bits per heavy atom. The topological polar surface area (TPSA) is 103 Å². The van der Waals surface area contributed by atoms with Crippen molar-refractivity contribution in [2.75, 3.05) is 20.1 Å². The number of nitro benzene ring substituents is 1. The molecule has 0 bridgehead atoms. The van der Waals surface area contributed by atoms with Gasteiger partial charge in [-0.25, -0.2) is 0 Å². The quantitative estimate of drug-likeness (QED) is 0.459. The van der Waals surface area contributed by atoms with Gasteiger partial charge < -0.3 is 20.1 Å². The number of nitrogens with zero attached hydrogens (tertiary/aromatic N) is 2. The standard InChI is InChI=1S/C22H23N3O4/c1-24-9-8-21(14-4-2-5-15(26)10-14)12-18-17(11-22(21,27)13-24)16-6-3-7-19(25(28)29)20(16)23-18/h2-7,10,23,26-27H,8-9,11-13H2,1H3/t21-,22-/m0/s1. The third kappa shape index (κ3) is 2.51. The van der Waals surface area contributed by atoms with Crippen molar-refractivity contribution in [3.8, 4) is 5.75 Å². The van der Waals surface area contributed by atoms with Gasteiger partial charge in [0, 0.05) is 41.9 Å². The highest BCUT2D eigenvalue weighted by molar-refractivity contribution is 5.92. The SMILES string of the molecule is CN1CC[C@@]2(c3cccc(O)c3)Cc3[nH]c4c([N+](=O)[O-])cccc4c3C[C@]2(O)C1. The molecule has 2 heterocycles. The zero-order valence-electron chi connectivity index (χ0n) is 16.2. The number of aromatic nitrogens is 1. The molecule has 3 N–H and O–H groups in total. The summed E-state index contributed by atoms with van der Waals surface area (Å²) in [7, 11) is 2.00. The van der Waals surface area contributed by atoms with E-state index in [1.165, 1.54) is 6.07 Å². The Kier molecular flexibility index (Phi) is 3.78. The van der Waals surface area contributed by atoms with Crippen molar-refractivity contribution in [2.24, 2.45) is 0 Å². The molecule has 0 saturated carbocycles. The minimum absolute atomic E-state index is 0.0513. The summed E-state index contributed by atoms with van der Waals surface area (Å²) in [5.74, 6) is 0.177. The zero-order valence-corrected chi connectivity index (χ0v) is 16.2. The van der Waals surface area contributed by atoms with E-state index in [2.05, 4.69) is 9.88 Å². The number of nitro groups is 1. The molecule has 2 aromatic carbocycles. The fraction of sp³-hybridized carbons (Fsp3) is 0.364. The summed E-state index contributed by atoms with van der Waals surface area (Å²) in [6.07, 6.45) is 1.69. The molecule has 1 fully saturated rings. The lowest BCUT2D eigenvalue weighted by Crippen LogP contribution is -2.65. The normalized spacial score (nSPS) is 26.8. The van der Waals surface area contributed by atoms with Gasteiger partial charge in [-0.3, -0.25) is 10.1 Å². The molecule has 29 heavy (non-hydrogen) atoms. The van der Waals surface area contributed by atoms with Crippen molar-refractivity contribution in [2.45, 2.75) is 30.3 Å². The van der Waals surface area contributed by atoms with Gasteiger partial charge in [-0.2, -0.15) is 0 Å². The number of piperidine rings is 1. The number of phenols is 1. The van der Waals surface area contributed by atoms with Crippen LogP contribution in [0.4, 0.5) is 5.69 Å². The highest BCUT2D eigenvalue weighted by Gasteiger charge is 2.57. The molecule has 0 spiro atoms. The first-order valence-electron chi connectivity index (χ1n) is 9.80. The number of hydrogen-bond acceptors (Lipinski definition) is 5. The number of aromatic amines is 1. The number of benzene rings is 2. The monoisotopic (exact) mass is 393 g/mol. The zero-order chi connectivity index (χ0) is 20.4. The van der Waals surface area contributed by atoms with Crippen LogP contribution in [0.5, 0.6) is 5.75 Å². The number of nitrogens with one attached hydrogen (secondary N) is 1. The molecule has 1 aliphatic carbocycles. The van der Waals surface area contributed by atoms with E-state index in [4.69, 9.17) is 0 Å². The van der Waals surface area contributed by atoms with Crippen LogP contribution in [0.1, 0.15) is 23.2 Å². The van der Waals surface area contributed by atoms with Crippen LogP contribution in [0.2, 0.25) is 0 Å². The van der Waals surface area contributed by atoms with Crippen LogP contribution in [-0.2, 0) is 18.3 Å². The Morgan fingerprint density at radius 3 is 2.76 bits per heavy atom. The van der Waals surface area contributed by atoms with Gasteiger partial charge in [0.2, 0.25) is 0 Å². The number of non-ortho nitro benzene ring substituents is 1. The minimum Gasteiger partial charge on any atom is -0.508 e. The first kappa shape index (κ1) is 18.1. The molecule has 5 rings (SSSR count). The molecule has 1 aromatic heterocycles. The lowest BCUT2D eigenvalue weighted by molar-refractivity contribution is -0.383. The maximum atomic E-state index is 12.0. The molecule has 0 amide bonds. The second-order valence-electron chi connectivity index (χ2n) is 8.54. The van der Waals surface area contributed by atoms with Gasteiger partial charge in [0.25, 0.3) is 5.69 Å². The Bertz CT molecular complexity index is 1140. The van der Waals surface area contributed by atoms with Crippen LogP contribution in [-0.4, -0.2) is 50.8 Å². The average molecular weight is 393 g/mol. The van der Waals surface area contributed by atoms with E-state index in [0.717, 1.165) is 35.2 Å². The minimum atomic E-state index is -1.04. The van der Waals surface area contributed by atoms with Gasteiger partial charge in [-0.05, 0) is 43.3 Å². The molecule has 7 heteroatoms. The fourth-order valence-corrected chi connectivity index (χ4v) is 5.50. The van der Waals surface area contributed by atoms with E-state index in [1.807, 2.05) is 25.2 Å². The highest BCUT2D eigenvalue weighted by Crippen LogP contribution is 2.52. The number of aromatic hydroxyl groups is 1. The number of hydrogen-bond donors (Lipinski definition) is 3. The summed E-state index contributed by atoms with van der Waals surface area (Å²) in [6.45, 7) is 1.33. The Balaban J connectivity index is 1.74. The summed E-state index contributed by atoms with van der Waals surface area (Å²) in [5.41, 5.74) is 1.76. The van der Waals surface area contributed by atoms with Crippen LogP contribution in [0.3, 0.4) is 0 Å². The van der Waals surface area contributed by atoms with Gasteiger partial charge in [-0.1, -0.05) is 24.3 Å². The van der Waals surface area contributed by atoms with Crippen LogP contribution >= 0.6 is 0 Å². The molecule has 2 atom stereocenters. The summed E-state index contributed by atoms with van der Waals surface area (Å²) < 4.78 is 0. The third-order valence-electron chi connectivity index (χ3n) is 6.89. The number of H-pyrrole nitrogens is 1. The Hall–Kier alpha value is -2.90. The highest BCUT2D eigenvalue weighted by atomic mass is 16.6. The van der Waals surface area contributed by atoms with E-state index < -0.39 is 11.0 Å². The number of para-hydroxylation sites is 1. The largest absolute Gasteiger partial charge is 0.508 e. The van der Waals surface area contributed by atoms with Crippen molar-refractivity contribution >= 4 is 16.6 Å². The first-order valence-corrected chi connectivity index (χ1v) is 9.80. The molecule has 7 nitrogen and oxygen atoms in total. The fourth-order valence-electron chi connectivity index (χ4n) is 5.50. The number of rotatable bonds is 2. The summed E-state index contributed by atoms with van der Waals surface area (Å²) >= 11 is 0. The number of likely N-dealkylation sites (tertiary alicyclic amines) is 1. The van der Waals surface area contributed by atoms with E-state index in [1.54, 1.807) is 18.2 Å².